The number of rotatable bonds is 4. The van der Waals surface area contributed by atoms with Crippen molar-refractivity contribution in [3.05, 3.63) is 28.2 Å². The average molecular weight is 295 g/mol. The molecule has 0 radical (unpaired) electrons. The van der Waals surface area contributed by atoms with Gasteiger partial charge in [0, 0.05) is 10.5 Å². The van der Waals surface area contributed by atoms with Crippen molar-refractivity contribution in [1.82, 2.24) is 0 Å². The molecule has 0 aromatic heterocycles. The molecule has 1 rings (SSSR count). The highest BCUT2D eigenvalue weighted by Crippen LogP contribution is 2.28. The molecule has 0 spiro atoms. The van der Waals surface area contributed by atoms with Crippen LogP contribution in [0.2, 0.25) is 0 Å². The van der Waals surface area contributed by atoms with Gasteiger partial charge < -0.3 is 10.8 Å². The van der Waals surface area contributed by atoms with Crippen LogP contribution in [0.15, 0.2) is 22.7 Å². The Morgan fingerprint density at radius 3 is 2.73 bits per heavy atom. The number of phenolic OH excluding ortho intramolecular Hbond substituents is 1. The van der Waals surface area contributed by atoms with E-state index < -0.39 is 0 Å². The molecule has 2 nitrogen and oxygen atoms in total. The van der Waals surface area contributed by atoms with E-state index in [0.717, 1.165) is 29.3 Å². The first-order valence-corrected chi connectivity index (χ1v) is 5.68. The van der Waals surface area contributed by atoms with Crippen molar-refractivity contribution in [2.75, 3.05) is 0 Å². The van der Waals surface area contributed by atoms with Crippen LogP contribution in [0, 0.1) is 0 Å². The van der Waals surface area contributed by atoms with Crippen LogP contribution < -0.4 is 5.73 Å². The van der Waals surface area contributed by atoms with E-state index in [4.69, 9.17) is 5.73 Å². The predicted molar refractivity (Wildman–Crippen MR) is 69.5 cm³/mol. The minimum Gasteiger partial charge on any atom is -0.508 e. The van der Waals surface area contributed by atoms with Crippen LogP contribution in [-0.2, 0) is 0 Å². The second kappa shape index (κ2) is 7.09. The van der Waals surface area contributed by atoms with Gasteiger partial charge in [-0.3, -0.25) is 0 Å². The van der Waals surface area contributed by atoms with Gasteiger partial charge in [-0.05, 0) is 30.2 Å². The summed E-state index contributed by atoms with van der Waals surface area (Å²) in [4.78, 5) is 0. The summed E-state index contributed by atoms with van der Waals surface area (Å²) in [5, 5.41) is 9.34. The summed E-state index contributed by atoms with van der Waals surface area (Å²) in [5.41, 5.74) is 6.99. The topological polar surface area (TPSA) is 46.2 Å². The molecule has 0 amide bonds. The Balaban J connectivity index is 0.00000196. The van der Waals surface area contributed by atoms with E-state index in [2.05, 4.69) is 22.9 Å². The lowest BCUT2D eigenvalue weighted by atomic mass is 10.0. The Morgan fingerprint density at radius 2 is 2.13 bits per heavy atom. The standard InChI is InChI=1S/C11H16BrNO.ClH/c1-2-3-4-11(13)9-7-8(14)5-6-10(9)12;/h5-7,11,14H,2-4,13H2,1H3;1H/t11-;/m1./s1. The Hall–Kier alpha value is -0.250. The maximum Gasteiger partial charge on any atom is 0.115 e. The van der Waals surface area contributed by atoms with Crippen molar-refractivity contribution >= 4 is 28.3 Å². The van der Waals surface area contributed by atoms with Crippen molar-refractivity contribution in [3.8, 4) is 5.75 Å². The van der Waals surface area contributed by atoms with E-state index in [9.17, 15) is 5.11 Å². The third-order valence-electron chi connectivity index (χ3n) is 2.25. The van der Waals surface area contributed by atoms with Gasteiger partial charge in [0.25, 0.3) is 0 Å². The largest absolute Gasteiger partial charge is 0.508 e. The molecule has 0 fully saturated rings. The Bertz CT molecular complexity index is 307. The average Bonchev–Trinajstić information content (AvgIpc) is 2.18. The zero-order valence-corrected chi connectivity index (χ0v) is 11.1. The molecule has 0 saturated heterocycles. The summed E-state index contributed by atoms with van der Waals surface area (Å²) in [6.45, 7) is 2.14. The summed E-state index contributed by atoms with van der Waals surface area (Å²) < 4.78 is 0.971. The van der Waals surface area contributed by atoms with Crippen LogP contribution in [0.1, 0.15) is 37.8 Å². The van der Waals surface area contributed by atoms with E-state index in [-0.39, 0.29) is 24.2 Å². The Morgan fingerprint density at radius 1 is 1.47 bits per heavy atom. The van der Waals surface area contributed by atoms with Gasteiger partial charge in [-0.25, -0.2) is 0 Å². The molecule has 1 aromatic carbocycles. The van der Waals surface area contributed by atoms with Crippen LogP contribution in [-0.4, -0.2) is 5.11 Å². The summed E-state index contributed by atoms with van der Waals surface area (Å²) in [6, 6.07) is 5.22. The number of aromatic hydroxyl groups is 1. The fourth-order valence-corrected chi connectivity index (χ4v) is 1.94. The molecule has 0 aliphatic carbocycles. The second-order valence-electron chi connectivity index (χ2n) is 3.45. The van der Waals surface area contributed by atoms with Gasteiger partial charge in [-0.15, -0.1) is 12.4 Å². The molecule has 4 heteroatoms. The normalized spacial score (nSPS) is 11.9. The SMILES string of the molecule is CCCC[C@@H](N)c1cc(O)ccc1Br.Cl. The lowest BCUT2D eigenvalue weighted by Crippen LogP contribution is -2.10. The lowest BCUT2D eigenvalue weighted by molar-refractivity contribution is 0.472. The van der Waals surface area contributed by atoms with Crippen molar-refractivity contribution in [2.24, 2.45) is 5.73 Å². The Labute approximate surface area is 105 Å². The number of hydrogen-bond donors (Lipinski definition) is 2. The van der Waals surface area contributed by atoms with Crippen molar-refractivity contribution in [1.29, 1.82) is 0 Å². The lowest BCUT2D eigenvalue weighted by Gasteiger charge is -2.13. The molecule has 0 saturated carbocycles. The number of unbranched alkanes of at least 4 members (excludes halogenated alkanes) is 1. The van der Waals surface area contributed by atoms with E-state index in [1.807, 2.05) is 6.07 Å². The zero-order valence-electron chi connectivity index (χ0n) is 8.74. The molecular formula is C11H17BrClNO. The first-order chi connectivity index (χ1) is 6.65. The van der Waals surface area contributed by atoms with Crippen molar-refractivity contribution in [2.45, 2.75) is 32.2 Å². The number of benzene rings is 1. The molecule has 15 heavy (non-hydrogen) atoms. The third kappa shape index (κ3) is 4.41. The summed E-state index contributed by atoms with van der Waals surface area (Å²) in [5.74, 6) is 0.273. The summed E-state index contributed by atoms with van der Waals surface area (Å²) in [7, 11) is 0. The summed E-state index contributed by atoms with van der Waals surface area (Å²) >= 11 is 3.43. The molecule has 1 atom stereocenters. The predicted octanol–water partition coefficient (Wildman–Crippen LogP) is 3.77. The number of phenols is 1. The molecule has 86 valence electrons. The van der Waals surface area contributed by atoms with Gasteiger partial charge in [-0.2, -0.15) is 0 Å². The minimum absolute atomic E-state index is 0. The molecule has 0 aliphatic heterocycles. The van der Waals surface area contributed by atoms with Crippen LogP contribution >= 0.6 is 28.3 Å². The molecule has 0 aliphatic rings. The van der Waals surface area contributed by atoms with Gasteiger partial charge in [-0.1, -0.05) is 35.7 Å². The van der Waals surface area contributed by atoms with Gasteiger partial charge in [0.2, 0.25) is 0 Å². The van der Waals surface area contributed by atoms with E-state index in [0.29, 0.717) is 0 Å². The summed E-state index contributed by atoms with van der Waals surface area (Å²) in [6.07, 6.45) is 3.21. The molecular weight excluding hydrogens is 277 g/mol. The second-order valence-corrected chi connectivity index (χ2v) is 4.31. The zero-order chi connectivity index (χ0) is 10.6. The van der Waals surface area contributed by atoms with E-state index in [1.165, 1.54) is 0 Å². The smallest absolute Gasteiger partial charge is 0.115 e. The highest BCUT2D eigenvalue weighted by molar-refractivity contribution is 9.10. The number of hydrogen-bond acceptors (Lipinski definition) is 2. The third-order valence-corrected chi connectivity index (χ3v) is 2.97. The first-order valence-electron chi connectivity index (χ1n) is 4.89. The maximum absolute atomic E-state index is 9.34. The molecule has 0 unspecified atom stereocenters. The van der Waals surface area contributed by atoms with E-state index >= 15 is 0 Å². The highest BCUT2D eigenvalue weighted by Gasteiger charge is 2.09. The van der Waals surface area contributed by atoms with E-state index in [1.54, 1.807) is 12.1 Å². The van der Waals surface area contributed by atoms with Crippen molar-refractivity contribution in [3.63, 3.8) is 0 Å². The monoisotopic (exact) mass is 293 g/mol. The molecule has 0 bridgehead atoms. The fourth-order valence-electron chi connectivity index (χ4n) is 1.39. The fraction of sp³-hybridized carbons (Fsp3) is 0.455. The quantitative estimate of drug-likeness (QED) is 0.888. The molecule has 3 N–H and O–H groups in total. The number of nitrogens with two attached hydrogens (primary N) is 1. The first kappa shape index (κ1) is 14.8. The highest BCUT2D eigenvalue weighted by atomic mass is 79.9. The van der Waals surface area contributed by atoms with Crippen LogP contribution in [0.25, 0.3) is 0 Å². The van der Waals surface area contributed by atoms with Gasteiger partial charge >= 0.3 is 0 Å². The van der Waals surface area contributed by atoms with Crippen molar-refractivity contribution < 1.29 is 5.11 Å². The van der Waals surface area contributed by atoms with Crippen LogP contribution in [0.3, 0.4) is 0 Å². The van der Waals surface area contributed by atoms with Gasteiger partial charge in [0.1, 0.15) is 5.75 Å². The van der Waals surface area contributed by atoms with Crippen LogP contribution in [0.5, 0.6) is 5.75 Å². The Kier molecular flexibility index (Phi) is 6.98. The minimum atomic E-state index is 0. The van der Waals surface area contributed by atoms with Crippen LogP contribution in [0.4, 0.5) is 0 Å². The number of halogens is 2. The molecule has 1 aromatic rings. The molecule has 0 heterocycles. The van der Waals surface area contributed by atoms with Gasteiger partial charge in [0.05, 0.1) is 0 Å². The van der Waals surface area contributed by atoms with Gasteiger partial charge in [0.15, 0.2) is 0 Å². The maximum atomic E-state index is 9.34.